The zero-order chi connectivity index (χ0) is 19.0. The van der Waals surface area contributed by atoms with Gasteiger partial charge in [0.05, 0.1) is 6.54 Å². The van der Waals surface area contributed by atoms with E-state index in [1.807, 2.05) is 49.9 Å². The molecule has 2 rings (SSSR count). The number of thioether (sulfide) groups is 1. The molecule has 7 heteroatoms. The predicted octanol–water partition coefficient (Wildman–Crippen LogP) is 4.24. The van der Waals surface area contributed by atoms with Crippen molar-refractivity contribution in [3.05, 3.63) is 29.8 Å². The van der Waals surface area contributed by atoms with Gasteiger partial charge in [0.2, 0.25) is 5.91 Å². The molecular weight excluding hydrogens is 471 g/mol. The SMILES string of the molecule is CCNC(=NCc1ccc(NC(=O)C(C)C)cc1)NCC1(C)CCCS1.I. The van der Waals surface area contributed by atoms with Gasteiger partial charge in [0.1, 0.15) is 0 Å². The number of anilines is 1. The molecule has 1 heterocycles. The Morgan fingerprint density at radius 3 is 2.52 bits per heavy atom. The maximum absolute atomic E-state index is 11.7. The van der Waals surface area contributed by atoms with E-state index >= 15 is 0 Å². The summed E-state index contributed by atoms with van der Waals surface area (Å²) < 4.78 is 0.312. The molecule has 1 amide bonds. The summed E-state index contributed by atoms with van der Waals surface area (Å²) in [5, 5.41) is 9.71. The molecule has 27 heavy (non-hydrogen) atoms. The Balaban J connectivity index is 0.00000364. The van der Waals surface area contributed by atoms with E-state index in [1.165, 1.54) is 18.6 Å². The molecule has 0 saturated carbocycles. The normalized spacial score (nSPS) is 19.5. The molecule has 1 aliphatic rings. The lowest BCUT2D eigenvalue weighted by Gasteiger charge is -2.24. The molecule has 5 nitrogen and oxygen atoms in total. The van der Waals surface area contributed by atoms with Crippen molar-refractivity contribution in [2.24, 2.45) is 10.9 Å². The van der Waals surface area contributed by atoms with Gasteiger partial charge in [0, 0.05) is 29.4 Å². The Bertz CT molecular complexity index is 613. The van der Waals surface area contributed by atoms with E-state index < -0.39 is 0 Å². The van der Waals surface area contributed by atoms with Crippen LogP contribution < -0.4 is 16.0 Å². The number of nitrogens with one attached hydrogen (secondary N) is 3. The summed E-state index contributed by atoms with van der Waals surface area (Å²) in [4.78, 5) is 16.4. The molecule has 1 saturated heterocycles. The van der Waals surface area contributed by atoms with Gasteiger partial charge in [0.15, 0.2) is 5.96 Å². The zero-order valence-electron chi connectivity index (χ0n) is 16.8. The van der Waals surface area contributed by atoms with Crippen molar-refractivity contribution in [2.45, 2.75) is 51.8 Å². The van der Waals surface area contributed by atoms with E-state index in [1.54, 1.807) is 0 Å². The van der Waals surface area contributed by atoms with Gasteiger partial charge in [-0.25, -0.2) is 4.99 Å². The van der Waals surface area contributed by atoms with Crippen LogP contribution in [-0.4, -0.2) is 35.5 Å². The largest absolute Gasteiger partial charge is 0.357 e. The molecule has 0 radical (unpaired) electrons. The first-order valence-electron chi connectivity index (χ1n) is 9.48. The fourth-order valence-electron chi connectivity index (χ4n) is 2.74. The van der Waals surface area contributed by atoms with Crippen LogP contribution in [0.15, 0.2) is 29.3 Å². The molecule has 3 N–H and O–H groups in total. The topological polar surface area (TPSA) is 65.5 Å². The van der Waals surface area contributed by atoms with Gasteiger partial charge in [-0.2, -0.15) is 11.8 Å². The molecule has 1 aromatic rings. The number of hydrogen-bond acceptors (Lipinski definition) is 3. The van der Waals surface area contributed by atoms with Gasteiger partial charge < -0.3 is 16.0 Å². The number of benzene rings is 1. The number of carbonyl (C=O) groups excluding carboxylic acids is 1. The molecule has 1 aliphatic heterocycles. The number of hydrogen-bond donors (Lipinski definition) is 3. The quantitative estimate of drug-likeness (QED) is 0.295. The van der Waals surface area contributed by atoms with Gasteiger partial charge in [-0.05, 0) is 50.1 Å². The maximum Gasteiger partial charge on any atom is 0.226 e. The van der Waals surface area contributed by atoms with Gasteiger partial charge in [-0.1, -0.05) is 26.0 Å². The molecule has 1 unspecified atom stereocenters. The molecule has 0 aliphatic carbocycles. The summed E-state index contributed by atoms with van der Waals surface area (Å²) in [5.74, 6) is 2.13. The summed E-state index contributed by atoms with van der Waals surface area (Å²) >= 11 is 2.05. The van der Waals surface area contributed by atoms with Crippen LogP contribution >= 0.6 is 35.7 Å². The van der Waals surface area contributed by atoms with Crippen LogP contribution in [0.1, 0.15) is 46.1 Å². The summed E-state index contributed by atoms with van der Waals surface area (Å²) in [7, 11) is 0. The first-order chi connectivity index (χ1) is 12.4. The lowest BCUT2D eigenvalue weighted by Crippen LogP contribution is -2.43. The minimum absolute atomic E-state index is 0. The maximum atomic E-state index is 11.7. The Labute approximate surface area is 185 Å². The number of carbonyl (C=O) groups is 1. The van der Waals surface area contributed by atoms with Crippen molar-refractivity contribution < 1.29 is 4.79 Å². The van der Waals surface area contributed by atoms with Crippen LogP contribution in [0.4, 0.5) is 5.69 Å². The van der Waals surface area contributed by atoms with Gasteiger partial charge >= 0.3 is 0 Å². The third-order valence-corrected chi connectivity index (χ3v) is 5.98. The Morgan fingerprint density at radius 1 is 1.26 bits per heavy atom. The highest BCUT2D eigenvalue weighted by atomic mass is 127. The lowest BCUT2D eigenvalue weighted by atomic mass is 10.1. The number of amides is 1. The van der Waals surface area contributed by atoms with Gasteiger partial charge in [-0.15, -0.1) is 24.0 Å². The highest BCUT2D eigenvalue weighted by Gasteiger charge is 2.29. The van der Waals surface area contributed by atoms with Crippen LogP contribution in [0.25, 0.3) is 0 Å². The van der Waals surface area contributed by atoms with E-state index in [0.717, 1.165) is 30.3 Å². The van der Waals surface area contributed by atoms with Crippen molar-refractivity contribution in [3.8, 4) is 0 Å². The predicted molar refractivity (Wildman–Crippen MR) is 128 cm³/mol. The van der Waals surface area contributed by atoms with Crippen LogP contribution in [0.3, 0.4) is 0 Å². The van der Waals surface area contributed by atoms with E-state index in [0.29, 0.717) is 11.3 Å². The van der Waals surface area contributed by atoms with Crippen molar-refractivity contribution in [2.75, 3.05) is 24.2 Å². The molecule has 0 spiro atoms. The number of nitrogens with zero attached hydrogens (tertiary/aromatic N) is 1. The molecule has 1 fully saturated rings. The van der Waals surface area contributed by atoms with Crippen molar-refractivity contribution >= 4 is 53.3 Å². The zero-order valence-corrected chi connectivity index (χ0v) is 19.9. The van der Waals surface area contributed by atoms with Crippen LogP contribution in [0.2, 0.25) is 0 Å². The number of halogens is 1. The Morgan fingerprint density at radius 2 is 1.96 bits per heavy atom. The third kappa shape index (κ3) is 8.29. The average Bonchev–Trinajstić information content (AvgIpc) is 3.05. The first-order valence-corrected chi connectivity index (χ1v) is 10.5. The number of aliphatic imine (C=N–C) groups is 1. The number of guanidine groups is 1. The summed E-state index contributed by atoms with van der Waals surface area (Å²) in [5.41, 5.74) is 1.94. The van der Waals surface area contributed by atoms with Crippen LogP contribution in [0.5, 0.6) is 0 Å². The second-order valence-electron chi connectivity index (χ2n) is 7.29. The second-order valence-corrected chi connectivity index (χ2v) is 8.97. The molecule has 1 aromatic carbocycles. The lowest BCUT2D eigenvalue weighted by molar-refractivity contribution is -0.118. The Hall–Kier alpha value is -0.960. The van der Waals surface area contributed by atoms with Crippen LogP contribution in [0, 0.1) is 5.92 Å². The van der Waals surface area contributed by atoms with Crippen molar-refractivity contribution in [1.29, 1.82) is 0 Å². The minimum Gasteiger partial charge on any atom is -0.357 e. The second kappa shape index (κ2) is 11.8. The van der Waals surface area contributed by atoms with Crippen molar-refractivity contribution in [1.82, 2.24) is 10.6 Å². The fraction of sp³-hybridized carbons (Fsp3) is 0.600. The summed E-state index contributed by atoms with van der Waals surface area (Å²) in [6, 6.07) is 7.89. The Kier molecular flexibility index (Phi) is 10.5. The third-order valence-electron chi connectivity index (χ3n) is 4.44. The standard InChI is InChI=1S/C20H32N4OS.HI/c1-5-21-19(23-14-20(4)11-6-12-26-20)22-13-16-7-9-17(10-8-16)24-18(25)15(2)3;/h7-10,15H,5-6,11-14H2,1-4H3,(H,24,25)(H2,21,22,23);1H. The van der Waals surface area contributed by atoms with Crippen LogP contribution in [-0.2, 0) is 11.3 Å². The monoisotopic (exact) mass is 504 g/mol. The molecule has 152 valence electrons. The number of rotatable bonds is 7. The van der Waals surface area contributed by atoms with E-state index in [4.69, 9.17) is 4.99 Å². The van der Waals surface area contributed by atoms with E-state index in [-0.39, 0.29) is 35.8 Å². The summed E-state index contributed by atoms with van der Waals surface area (Å²) in [6.07, 6.45) is 2.56. The fourth-order valence-corrected chi connectivity index (χ4v) is 3.98. The highest BCUT2D eigenvalue weighted by Crippen LogP contribution is 2.36. The van der Waals surface area contributed by atoms with Gasteiger partial charge in [-0.3, -0.25) is 4.79 Å². The molecule has 0 aromatic heterocycles. The molecule has 0 bridgehead atoms. The minimum atomic E-state index is -0.0204. The first kappa shape index (κ1) is 24.1. The average molecular weight is 504 g/mol. The summed E-state index contributed by atoms with van der Waals surface area (Å²) in [6.45, 7) is 10.6. The van der Waals surface area contributed by atoms with Crippen molar-refractivity contribution in [3.63, 3.8) is 0 Å². The van der Waals surface area contributed by atoms with Gasteiger partial charge in [0.25, 0.3) is 0 Å². The smallest absolute Gasteiger partial charge is 0.226 e. The van der Waals surface area contributed by atoms with E-state index in [9.17, 15) is 4.79 Å². The van der Waals surface area contributed by atoms with E-state index in [2.05, 4.69) is 29.8 Å². The molecular formula is C20H33IN4OS. The molecule has 1 atom stereocenters. The highest BCUT2D eigenvalue weighted by molar-refractivity contribution is 14.0.